The third-order valence-electron chi connectivity index (χ3n) is 4.13. The number of imidazole rings is 1. The van der Waals surface area contributed by atoms with E-state index in [0.717, 1.165) is 24.4 Å². The van der Waals surface area contributed by atoms with Crippen molar-refractivity contribution in [3.05, 3.63) is 53.1 Å². The lowest BCUT2D eigenvalue weighted by Gasteiger charge is -2.22. The highest BCUT2D eigenvalue weighted by Crippen LogP contribution is 2.23. The van der Waals surface area contributed by atoms with Gasteiger partial charge < -0.3 is 9.67 Å². The minimum Gasteiger partial charge on any atom is -0.481 e. The molecule has 1 unspecified atom stereocenters. The van der Waals surface area contributed by atoms with Crippen molar-refractivity contribution in [3.8, 4) is 0 Å². The molecule has 2 heterocycles. The van der Waals surface area contributed by atoms with Gasteiger partial charge in [0.2, 0.25) is 0 Å². The van der Waals surface area contributed by atoms with Crippen LogP contribution in [0.1, 0.15) is 29.1 Å². The molecule has 3 rings (SSSR count). The Hall–Kier alpha value is -2.10. The first-order chi connectivity index (χ1) is 9.65. The molecule has 0 saturated heterocycles. The normalized spacial score (nSPS) is 17.8. The smallest absolute Gasteiger partial charge is 0.308 e. The summed E-state index contributed by atoms with van der Waals surface area (Å²) in [6, 6.07) is 8.26. The number of rotatable bonds is 3. The van der Waals surface area contributed by atoms with Crippen LogP contribution in [0.3, 0.4) is 0 Å². The van der Waals surface area contributed by atoms with E-state index in [4.69, 9.17) is 0 Å². The third kappa shape index (κ3) is 2.33. The minimum absolute atomic E-state index is 0.285. The highest BCUT2D eigenvalue weighted by Gasteiger charge is 2.26. The number of carboxylic acids is 1. The van der Waals surface area contributed by atoms with E-state index in [-0.39, 0.29) is 5.92 Å². The van der Waals surface area contributed by atoms with Crippen molar-refractivity contribution in [2.45, 2.75) is 32.7 Å². The summed E-state index contributed by atoms with van der Waals surface area (Å²) in [5, 5.41) is 9.19. The van der Waals surface area contributed by atoms with E-state index in [1.165, 1.54) is 11.1 Å². The predicted molar refractivity (Wildman–Crippen MR) is 75.7 cm³/mol. The van der Waals surface area contributed by atoms with Crippen molar-refractivity contribution in [2.24, 2.45) is 5.92 Å². The second-order valence-electron chi connectivity index (χ2n) is 5.45. The van der Waals surface area contributed by atoms with Crippen molar-refractivity contribution in [2.75, 3.05) is 0 Å². The van der Waals surface area contributed by atoms with Crippen LogP contribution in [0.4, 0.5) is 0 Å². The van der Waals surface area contributed by atoms with Crippen LogP contribution in [0, 0.1) is 12.8 Å². The molecule has 1 atom stereocenters. The zero-order valence-electron chi connectivity index (χ0n) is 11.5. The summed E-state index contributed by atoms with van der Waals surface area (Å²) < 4.78 is 2.09. The average Bonchev–Trinajstić information content (AvgIpc) is 2.84. The van der Waals surface area contributed by atoms with Crippen molar-refractivity contribution >= 4 is 5.97 Å². The van der Waals surface area contributed by atoms with Crippen molar-refractivity contribution < 1.29 is 9.90 Å². The Balaban J connectivity index is 1.88. The number of hydrogen-bond acceptors (Lipinski definition) is 2. The van der Waals surface area contributed by atoms with E-state index >= 15 is 0 Å². The van der Waals surface area contributed by atoms with Crippen LogP contribution in [0.2, 0.25) is 0 Å². The molecule has 4 heteroatoms. The summed E-state index contributed by atoms with van der Waals surface area (Å²) in [5.41, 5.74) is 3.65. The van der Waals surface area contributed by atoms with Crippen LogP contribution in [0.25, 0.3) is 0 Å². The van der Waals surface area contributed by atoms with Crippen LogP contribution in [0.5, 0.6) is 0 Å². The Bertz CT molecular complexity index is 646. The third-order valence-corrected chi connectivity index (χ3v) is 4.13. The Kier molecular flexibility index (Phi) is 3.30. The van der Waals surface area contributed by atoms with Gasteiger partial charge in [0.25, 0.3) is 0 Å². The molecule has 104 valence electrons. The molecule has 0 radical (unpaired) electrons. The molecule has 20 heavy (non-hydrogen) atoms. The maximum atomic E-state index is 11.2. The molecule has 4 nitrogen and oxygen atoms in total. The Morgan fingerprint density at radius 1 is 1.45 bits per heavy atom. The summed E-state index contributed by atoms with van der Waals surface area (Å²) in [7, 11) is 0. The maximum Gasteiger partial charge on any atom is 0.308 e. The second-order valence-corrected chi connectivity index (χ2v) is 5.45. The zero-order valence-corrected chi connectivity index (χ0v) is 11.5. The number of benzene rings is 1. The summed E-state index contributed by atoms with van der Waals surface area (Å²) in [4.78, 5) is 15.7. The van der Waals surface area contributed by atoms with Crippen LogP contribution in [-0.2, 0) is 24.2 Å². The van der Waals surface area contributed by atoms with Gasteiger partial charge in [-0.05, 0) is 30.9 Å². The fraction of sp³-hybridized carbons (Fsp3) is 0.375. The van der Waals surface area contributed by atoms with Gasteiger partial charge in [-0.3, -0.25) is 4.79 Å². The molecule has 1 aromatic heterocycles. The lowest BCUT2D eigenvalue weighted by atomic mass is 9.98. The largest absolute Gasteiger partial charge is 0.481 e. The maximum absolute atomic E-state index is 11.2. The number of aliphatic carboxylic acids is 1. The lowest BCUT2D eigenvalue weighted by Crippen LogP contribution is -2.27. The highest BCUT2D eigenvalue weighted by atomic mass is 16.4. The first-order valence-electron chi connectivity index (χ1n) is 6.95. The highest BCUT2D eigenvalue weighted by molar-refractivity contribution is 5.70. The van der Waals surface area contributed by atoms with E-state index in [1.54, 1.807) is 0 Å². The van der Waals surface area contributed by atoms with Crippen LogP contribution in [0.15, 0.2) is 30.5 Å². The number of aryl methyl sites for hydroxylation is 2. The predicted octanol–water partition coefficient (Wildman–Crippen LogP) is 2.43. The van der Waals surface area contributed by atoms with Crippen LogP contribution in [-0.4, -0.2) is 20.6 Å². The number of hydrogen-bond donors (Lipinski definition) is 1. The van der Waals surface area contributed by atoms with Gasteiger partial charge in [0.05, 0.1) is 5.92 Å². The van der Waals surface area contributed by atoms with Gasteiger partial charge >= 0.3 is 5.97 Å². The van der Waals surface area contributed by atoms with Crippen LogP contribution < -0.4 is 0 Å². The standard InChI is InChI=1S/C16H18N2O2/c1-11-4-2-3-5-12(11)8-15-17-9-14-7-6-13(16(19)20)10-18(14)15/h2-5,9,13H,6-8,10H2,1H3,(H,19,20). The van der Waals surface area contributed by atoms with E-state index < -0.39 is 5.97 Å². The molecule has 2 aromatic rings. The molecule has 0 fully saturated rings. The fourth-order valence-electron chi connectivity index (χ4n) is 2.83. The van der Waals surface area contributed by atoms with Gasteiger partial charge in [-0.15, -0.1) is 0 Å². The molecular formula is C16H18N2O2. The Morgan fingerprint density at radius 3 is 3.00 bits per heavy atom. The zero-order chi connectivity index (χ0) is 14.1. The summed E-state index contributed by atoms with van der Waals surface area (Å²) in [6.07, 6.45) is 4.17. The fourth-order valence-corrected chi connectivity index (χ4v) is 2.83. The van der Waals surface area contributed by atoms with Crippen molar-refractivity contribution in [1.82, 2.24) is 9.55 Å². The molecule has 1 N–H and O–H groups in total. The van der Waals surface area contributed by atoms with Gasteiger partial charge in [-0.2, -0.15) is 0 Å². The molecule has 0 aliphatic carbocycles. The minimum atomic E-state index is -0.703. The lowest BCUT2D eigenvalue weighted by molar-refractivity contribution is -0.142. The van der Waals surface area contributed by atoms with E-state index in [2.05, 4.69) is 28.6 Å². The second kappa shape index (κ2) is 5.12. The number of fused-ring (bicyclic) bond motifs is 1. The average molecular weight is 270 g/mol. The molecule has 0 bridgehead atoms. The number of carbonyl (C=O) groups is 1. The van der Waals surface area contributed by atoms with Gasteiger partial charge in [0.15, 0.2) is 0 Å². The van der Waals surface area contributed by atoms with Crippen molar-refractivity contribution in [1.29, 1.82) is 0 Å². The van der Waals surface area contributed by atoms with E-state index in [0.29, 0.717) is 13.0 Å². The first kappa shape index (κ1) is 12.9. The van der Waals surface area contributed by atoms with Gasteiger partial charge in [-0.1, -0.05) is 24.3 Å². The summed E-state index contributed by atoms with van der Waals surface area (Å²) in [5.74, 6) is -0.0150. The summed E-state index contributed by atoms with van der Waals surface area (Å²) >= 11 is 0. The number of carboxylic acid groups (broad SMARTS) is 1. The molecule has 0 saturated carbocycles. The molecule has 0 spiro atoms. The molecule has 0 amide bonds. The van der Waals surface area contributed by atoms with E-state index in [1.807, 2.05) is 18.3 Å². The van der Waals surface area contributed by atoms with Gasteiger partial charge in [-0.25, -0.2) is 4.98 Å². The Labute approximate surface area is 118 Å². The van der Waals surface area contributed by atoms with Gasteiger partial charge in [0, 0.05) is 24.9 Å². The Morgan fingerprint density at radius 2 is 2.25 bits per heavy atom. The van der Waals surface area contributed by atoms with Crippen molar-refractivity contribution in [3.63, 3.8) is 0 Å². The molecular weight excluding hydrogens is 252 g/mol. The molecule has 1 aliphatic rings. The monoisotopic (exact) mass is 270 g/mol. The quantitative estimate of drug-likeness (QED) is 0.932. The molecule has 1 aliphatic heterocycles. The molecule has 1 aromatic carbocycles. The SMILES string of the molecule is Cc1ccccc1Cc1ncc2n1CC(C(=O)O)CC2. The van der Waals surface area contributed by atoms with E-state index in [9.17, 15) is 9.90 Å². The number of nitrogens with zero attached hydrogens (tertiary/aromatic N) is 2. The topological polar surface area (TPSA) is 55.1 Å². The van der Waals surface area contributed by atoms with Gasteiger partial charge in [0.1, 0.15) is 5.82 Å². The first-order valence-corrected chi connectivity index (χ1v) is 6.95. The van der Waals surface area contributed by atoms with Crippen LogP contribution >= 0.6 is 0 Å². The summed E-state index contributed by atoms with van der Waals surface area (Å²) in [6.45, 7) is 2.64. The number of aromatic nitrogens is 2.